The molecule has 16 heavy (non-hydrogen) atoms. The van der Waals surface area contributed by atoms with Gasteiger partial charge in [-0.25, -0.2) is 0 Å². The van der Waals surface area contributed by atoms with Crippen LogP contribution in [0.25, 0.3) is 10.8 Å². The van der Waals surface area contributed by atoms with Crippen molar-refractivity contribution >= 4 is 20.9 Å². The fourth-order valence-corrected chi connectivity index (χ4v) is 2.76. The summed E-state index contributed by atoms with van der Waals surface area (Å²) in [5.41, 5.74) is 1.43. The second-order valence-electron chi connectivity index (χ2n) is 3.84. The van der Waals surface area contributed by atoms with Gasteiger partial charge in [-0.3, -0.25) is 4.55 Å². The number of hydrogen-bond acceptors (Lipinski definition) is 2. The van der Waals surface area contributed by atoms with Gasteiger partial charge in [0.15, 0.2) is 0 Å². The van der Waals surface area contributed by atoms with Gasteiger partial charge in [0.2, 0.25) is 0 Å². The highest BCUT2D eigenvalue weighted by Gasteiger charge is 2.16. The van der Waals surface area contributed by atoms with Crippen LogP contribution in [0.1, 0.15) is 11.1 Å². The van der Waals surface area contributed by atoms with E-state index >= 15 is 0 Å². The molecule has 0 amide bonds. The Morgan fingerprint density at radius 1 is 1.06 bits per heavy atom. The van der Waals surface area contributed by atoms with Crippen LogP contribution in [0.15, 0.2) is 35.2 Å². The number of benzene rings is 2. The maximum Gasteiger partial charge on any atom is 0.294 e. The van der Waals surface area contributed by atoms with E-state index in [0.717, 1.165) is 16.3 Å². The van der Waals surface area contributed by atoms with E-state index in [4.69, 9.17) is 4.55 Å². The Morgan fingerprint density at radius 3 is 2.19 bits per heavy atom. The van der Waals surface area contributed by atoms with Crippen molar-refractivity contribution in [3.63, 3.8) is 0 Å². The van der Waals surface area contributed by atoms with E-state index in [1.807, 2.05) is 31.2 Å². The maximum atomic E-state index is 11.2. The van der Waals surface area contributed by atoms with Crippen molar-refractivity contribution in [2.75, 3.05) is 0 Å². The zero-order valence-corrected chi connectivity index (χ0v) is 9.88. The molecule has 0 heterocycles. The largest absolute Gasteiger partial charge is 0.294 e. The molecule has 0 radical (unpaired) electrons. The number of aryl methyl sites for hydroxylation is 2. The Hall–Kier alpha value is -1.39. The summed E-state index contributed by atoms with van der Waals surface area (Å²) in [6.45, 7) is 3.53. The van der Waals surface area contributed by atoms with Crippen LogP contribution in [0.2, 0.25) is 0 Å². The van der Waals surface area contributed by atoms with Crippen LogP contribution in [-0.4, -0.2) is 13.0 Å². The first kappa shape index (κ1) is 11.1. The highest BCUT2D eigenvalue weighted by atomic mass is 32.2. The molecule has 0 aromatic heterocycles. The molecule has 0 fully saturated rings. The molecule has 4 heteroatoms. The smallest absolute Gasteiger partial charge is 0.282 e. The van der Waals surface area contributed by atoms with Crippen molar-refractivity contribution < 1.29 is 13.0 Å². The Kier molecular flexibility index (Phi) is 2.48. The fraction of sp³-hybridized carbons (Fsp3) is 0.167. The molecule has 2 aromatic rings. The molecule has 1 N–H and O–H groups in total. The van der Waals surface area contributed by atoms with Crippen molar-refractivity contribution in [1.82, 2.24) is 0 Å². The fourth-order valence-electron chi connectivity index (χ4n) is 1.94. The summed E-state index contributed by atoms with van der Waals surface area (Å²) in [5.74, 6) is 0. The molecular weight excluding hydrogens is 224 g/mol. The molecule has 2 aromatic carbocycles. The molecule has 0 saturated heterocycles. The van der Waals surface area contributed by atoms with Crippen molar-refractivity contribution in [2.24, 2.45) is 0 Å². The minimum atomic E-state index is -4.15. The van der Waals surface area contributed by atoms with Crippen LogP contribution in [0.3, 0.4) is 0 Å². The first-order chi connectivity index (χ1) is 7.41. The summed E-state index contributed by atoms with van der Waals surface area (Å²) in [6, 6.07) is 9.05. The van der Waals surface area contributed by atoms with E-state index in [-0.39, 0.29) is 4.90 Å². The molecule has 0 aliphatic carbocycles. The van der Waals surface area contributed by atoms with E-state index < -0.39 is 10.1 Å². The third-order valence-electron chi connectivity index (χ3n) is 2.75. The Bertz CT molecular complexity index is 657. The van der Waals surface area contributed by atoms with Crippen molar-refractivity contribution in [3.8, 4) is 0 Å². The molecule has 0 aliphatic heterocycles. The van der Waals surface area contributed by atoms with Crippen molar-refractivity contribution in [2.45, 2.75) is 18.7 Å². The number of fused-ring (bicyclic) bond motifs is 1. The molecule has 0 atom stereocenters. The topological polar surface area (TPSA) is 54.4 Å². The van der Waals surface area contributed by atoms with Crippen molar-refractivity contribution in [1.29, 1.82) is 0 Å². The molecule has 3 nitrogen and oxygen atoms in total. The summed E-state index contributed by atoms with van der Waals surface area (Å²) < 4.78 is 31.5. The molecule has 0 spiro atoms. The molecule has 0 saturated carbocycles. The predicted molar refractivity (Wildman–Crippen MR) is 63.2 cm³/mol. The van der Waals surface area contributed by atoms with E-state index in [1.165, 1.54) is 6.07 Å². The van der Waals surface area contributed by atoms with Gasteiger partial charge < -0.3 is 0 Å². The van der Waals surface area contributed by atoms with Crippen LogP contribution in [0, 0.1) is 13.8 Å². The Balaban J connectivity index is 2.97. The molecule has 0 aliphatic rings. The van der Waals surface area contributed by atoms with Gasteiger partial charge in [0.25, 0.3) is 10.1 Å². The Labute approximate surface area is 94.5 Å². The molecule has 84 valence electrons. The Morgan fingerprint density at radius 2 is 1.62 bits per heavy atom. The van der Waals surface area contributed by atoms with Crippen LogP contribution < -0.4 is 0 Å². The molecule has 2 rings (SSSR count). The predicted octanol–water partition coefficient (Wildman–Crippen LogP) is 2.70. The molecule has 0 unspecified atom stereocenters. The lowest BCUT2D eigenvalue weighted by molar-refractivity contribution is 0.482. The van der Waals surface area contributed by atoms with E-state index in [9.17, 15) is 8.42 Å². The van der Waals surface area contributed by atoms with E-state index in [1.54, 1.807) is 6.92 Å². The minimum absolute atomic E-state index is 0.0105. The van der Waals surface area contributed by atoms with E-state index in [2.05, 4.69) is 0 Å². The third kappa shape index (κ3) is 1.70. The highest BCUT2D eigenvalue weighted by molar-refractivity contribution is 7.85. The van der Waals surface area contributed by atoms with Gasteiger partial charge in [-0.2, -0.15) is 8.42 Å². The van der Waals surface area contributed by atoms with Crippen molar-refractivity contribution in [3.05, 3.63) is 41.5 Å². The lowest BCUT2D eigenvalue weighted by atomic mass is 10.0. The van der Waals surface area contributed by atoms with Crippen LogP contribution in [0.4, 0.5) is 0 Å². The van der Waals surface area contributed by atoms with Gasteiger partial charge in [-0.1, -0.05) is 24.3 Å². The first-order valence-corrected chi connectivity index (χ1v) is 6.31. The van der Waals surface area contributed by atoms with Gasteiger partial charge in [0.05, 0.1) is 4.90 Å². The van der Waals surface area contributed by atoms with Gasteiger partial charge in [-0.05, 0) is 41.8 Å². The molecular formula is C12H12O3S. The van der Waals surface area contributed by atoms with Gasteiger partial charge in [0, 0.05) is 0 Å². The monoisotopic (exact) mass is 236 g/mol. The number of hydrogen-bond donors (Lipinski definition) is 1. The van der Waals surface area contributed by atoms with E-state index in [0.29, 0.717) is 5.56 Å². The third-order valence-corrected chi connectivity index (χ3v) is 3.73. The normalized spacial score (nSPS) is 11.9. The zero-order chi connectivity index (χ0) is 11.9. The highest BCUT2D eigenvalue weighted by Crippen LogP contribution is 2.27. The zero-order valence-electron chi connectivity index (χ0n) is 9.06. The van der Waals surface area contributed by atoms with Gasteiger partial charge >= 0.3 is 0 Å². The first-order valence-electron chi connectivity index (χ1n) is 4.87. The van der Waals surface area contributed by atoms with Crippen LogP contribution in [0.5, 0.6) is 0 Å². The summed E-state index contributed by atoms with van der Waals surface area (Å²) in [5, 5.41) is 1.86. The maximum absolute atomic E-state index is 11.2. The summed E-state index contributed by atoms with van der Waals surface area (Å²) in [6.07, 6.45) is 0. The quantitative estimate of drug-likeness (QED) is 0.774. The molecule has 0 bridgehead atoms. The second-order valence-corrected chi connectivity index (χ2v) is 5.23. The summed E-state index contributed by atoms with van der Waals surface area (Å²) >= 11 is 0. The van der Waals surface area contributed by atoms with Crippen LogP contribution in [-0.2, 0) is 10.1 Å². The lowest BCUT2D eigenvalue weighted by Crippen LogP contribution is -2.02. The second kappa shape index (κ2) is 3.57. The lowest BCUT2D eigenvalue weighted by Gasteiger charge is -2.09. The average molecular weight is 236 g/mol. The van der Waals surface area contributed by atoms with Gasteiger partial charge in [-0.15, -0.1) is 0 Å². The average Bonchev–Trinajstić information content (AvgIpc) is 2.22. The minimum Gasteiger partial charge on any atom is -0.282 e. The van der Waals surface area contributed by atoms with Crippen LogP contribution >= 0.6 is 0 Å². The summed E-state index contributed by atoms with van der Waals surface area (Å²) in [4.78, 5) is -0.0105. The summed E-state index contributed by atoms with van der Waals surface area (Å²) in [7, 11) is -4.15. The SMILES string of the molecule is Cc1cc(S(=O)(=O)O)c(C)c2ccccc12. The number of rotatable bonds is 1. The van der Waals surface area contributed by atoms with Gasteiger partial charge in [0.1, 0.15) is 0 Å². The standard InChI is InChI=1S/C12H12O3S/c1-8-7-12(16(13,14)15)9(2)11-6-4-3-5-10(8)11/h3-7H,1-2H3,(H,13,14,15).